The van der Waals surface area contributed by atoms with Gasteiger partial charge in [-0.3, -0.25) is 0 Å². The highest BCUT2D eigenvalue weighted by molar-refractivity contribution is 6.31. The van der Waals surface area contributed by atoms with Crippen molar-refractivity contribution in [2.75, 3.05) is 5.32 Å². The summed E-state index contributed by atoms with van der Waals surface area (Å²) >= 11 is 6.08. The molecule has 6 heteroatoms. The van der Waals surface area contributed by atoms with Crippen molar-refractivity contribution in [2.45, 2.75) is 19.6 Å². The summed E-state index contributed by atoms with van der Waals surface area (Å²) in [6, 6.07) is 10.8. The van der Waals surface area contributed by atoms with E-state index in [4.69, 9.17) is 11.6 Å². The molecule has 21 heavy (non-hydrogen) atoms. The molecule has 1 unspecified atom stereocenters. The lowest BCUT2D eigenvalue weighted by atomic mass is 10.1. The van der Waals surface area contributed by atoms with Crippen LogP contribution in [0.2, 0.25) is 5.02 Å². The van der Waals surface area contributed by atoms with Crippen molar-refractivity contribution in [1.29, 1.82) is 0 Å². The molecule has 2 aromatic carbocycles. The molecule has 112 valence electrons. The van der Waals surface area contributed by atoms with Crippen LogP contribution in [0.3, 0.4) is 0 Å². The van der Waals surface area contributed by atoms with Crippen LogP contribution < -0.4 is 10.1 Å². The highest BCUT2D eigenvalue weighted by Crippen LogP contribution is 2.28. The Morgan fingerprint density at radius 1 is 1.14 bits per heavy atom. The molecule has 2 aromatic rings. The van der Waals surface area contributed by atoms with Gasteiger partial charge < -0.3 is 10.1 Å². The zero-order valence-electron chi connectivity index (χ0n) is 11.1. The van der Waals surface area contributed by atoms with Gasteiger partial charge in [0.25, 0.3) is 0 Å². The van der Waals surface area contributed by atoms with Crippen molar-refractivity contribution in [1.82, 2.24) is 0 Å². The van der Waals surface area contributed by atoms with Crippen LogP contribution in [-0.4, -0.2) is 6.61 Å². The number of rotatable bonds is 5. The number of benzene rings is 2. The van der Waals surface area contributed by atoms with Crippen LogP contribution in [0.25, 0.3) is 0 Å². The van der Waals surface area contributed by atoms with Crippen molar-refractivity contribution in [3.8, 4) is 5.75 Å². The normalized spacial score (nSPS) is 12.3. The second-order valence-corrected chi connectivity index (χ2v) is 4.82. The first-order chi connectivity index (χ1) is 9.97. The van der Waals surface area contributed by atoms with Crippen molar-refractivity contribution >= 4 is 17.3 Å². The molecule has 0 saturated carbocycles. The highest BCUT2D eigenvalue weighted by atomic mass is 35.5. The van der Waals surface area contributed by atoms with E-state index >= 15 is 0 Å². The van der Waals surface area contributed by atoms with Crippen LogP contribution in [0.4, 0.5) is 18.9 Å². The third kappa shape index (κ3) is 4.04. The fourth-order valence-electron chi connectivity index (χ4n) is 1.94. The molecule has 2 rings (SSSR count). The van der Waals surface area contributed by atoms with Gasteiger partial charge in [-0.05, 0) is 30.7 Å². The Morgan fingerprint density at radius 2 is 1.86 bits per heavy atom. The fraction of sp³-hybridized carbons (Fsp3) is 0.200. The maximum absolute atomic E-state index is 13.6. The minimum absolute atomic E-state index is 0.167. The van der Waals surface area contributed by atoms with E-state index in [9.17, 15) is 13.2 Å². The van der Waals surface area contributed by atoms with Crippen molar-refractivity contribution in [3.05, 3.63) is 58.9 Å². The van der Waals surface area contributed by atoms with E-state index in [1.165, 1.54) is 6.07 Å². The molecule has 0 amide bonds. The Bertz CT molecular complexity index is 622. The molecule has 0 bridgehead atoms. The molecule has 0 radical (unpaired) electrons. The van der Waals surface area contributed by atoms with Crippen molar-refractivity contribution in [2.24, 2.45) is 0 Å². The molecular weight excluding hydrogens is 303 g/mol. The summed E-state index contributed by atoms with van der Waals surface area (Å²) in [5.74, 6) is -1.34. The summed E-state index contributed by atoms with van der Waals surface area (Å²) in [5, 5.41) is 3.65. The lowest BCUT2D eigenvalue weighted by Crippen LogP contribution is -2.08. The molecule has 0 spiro atoms. The van der Waals surface area contributed by atoms with Crippen LogP contribution in [-0.2, 0) is 0 Å². The number of nitrogens with one attached hydrogen (secondary N) is 1. The Morgan fingerprint density at radius 3 is 2.48 bits per heavy atom. The van der Waals surface area contributed by atoms with Gasteiger partial charge in [-0.25, -0.2) is 4.39 Å². The third-order valence-electron chi connectivity index (χ3n) is 2.90. The molecule has 0 aromatic heterocycles. The van der Waals surface area contributed by atoms with Crippen LogP contribution >= 0.6 is 11.6 Å². The largest absolute Gasteiger partial charge is 0.432 e. The van der Waals surface area contributed by atoms with Crippen molar-refractivity contribution in [3.63, 3.8) is 0 Å². The molecule has 0 aliphatic heterocycles. The van der Waals surface area contributed by atoms with Crippen molar-refractivity contribution < 1.29 is 17.9 Å². The SMILES string of the molecule is CC(Nc1ccc(OC(F)F)c(F)c1)c1ccccc1Cl. The van der Waals surface area contributed by atoms with Gasteiger partial charge in [-0.15, -0.1) is 0 Å². The second kappa shape index (κ2) is 6.72. The molecule has 0 heterocycles. The lowest BCUT2D eigenvalue weighted by Gasteiger charge is -2.17. The minimum atomic E-state index is -3.06. The number of halogens is 4. The molecule has 2 nitrogen and oxygen atoms in total. The number of alkyl halides is 2. The Hall–Kier alpha value is -1.88. The van der Waals surface area contributed by atoms with Gasteiger partial charge in [0.15, 0.2) is 11.6 Å². The summed E-state index contributed by atoms with van der Waals surface area (Å²) in [6.45, 7) is -1.19. The Labute approximate surface area is 125 Å². The van der Waals surface area contributed by atoms with Gasteiger partial charge in [0.05, 0.1) is 0 Å². The average molecular weight is 316 g/mol. The monoisotopic (exact) mass is 315 g/mol. The van der Waals surface area contributed by atoms with Crippen LogP contribution in [0.5, 0.6) is 5.75 Å². The topological polar surface area (TPSA) is 21.3 Å². The van der Waals surface area contributed by atoms with E-state index in [0.29, 0.717) is 10.7 Å². The van der Waals surface area contributed by atoms with E-state index < -0.39 is 18.2 Å². The van der Waals surface area contributed by atoms with Gasteiger partial charge in [-0.2, -0.15) is 8.78 Å². The average Bonchev–Trinajstić information content (AvgIpc) is 2.42. The maximum atomic E-state index is 13.6. The summed E-state index contributed by atoms with van der Waals surface area (Å²) in [4.78, 5) is 0. The molecule has 0 aliphatic carbocycles. The first-order valence-corrected chi connectivity index (χ1v) is 6.60. The van der Waals surface area contributed by atoms with Gasteiger partial charge in [0, 0.05) is 22.8 Å². The number of hydrogen-bond acceptors (Lipinski definition) is 2. The fourth-order valence-corrected chi connectivity index (χ4v) is 2.24. The number of ether oxygens (including phenoxy) is 1. The summed E-state index contributed by atoms with van der Waals surface area (Å²) in [5.41, 5.74) is 1.30. The van der Waals surface area contributed by atoms with Crippen LogP contribution in [0, 0.1) is 5.82 Å². The molecule has 1 atom stereocenters. The molecule has 0 aliphatic rings. The van der Waals surface area contributed by atoms with Gasteiger partial charge in [0.2, 0.25) is 0 Å². The van der Waals surface area contributed by atoms with E-state index in [2.05, 4.69) is 10.1 Å². The molecule has 1 N–H and O–H groups in total. The van der Waals surface area contributed by atoms with Crippen LogP contribution in [0.15, 0.2) is 42.5 Å². The first-order valence-electron chi connectivity index (χ1n) is 6.22. The minimum Gasteiger partial charge on any atom is -0.432 e. The van der Waals surface area contributed by atoms with E-state index in [-0.39, 0.29) is 6.04 Å². The first kappa shape index (κ1) is 15.5. The molecular formula is C15H13ClF3NO. The van der Waals surface area contributed by atoms with Crippen LogP contribution in [0.1, 0.15) is 18.5 Å². The summed E-state index contributed by atoms with van der Waals surface area (Å²) in [7, 11) is 0. The second-order valence-electron chi connectivity index (χ2n) is 4.41. The quantitative estimate of drug-likeness (QED) is 0.813. The van der Waals surface area contributed by atoms with E-state index in [1.807, 2.05) is 25.1 Å². The zero-order valence-corrected chi connectivity index (χ0v) is 11.9. The standard InChI is InChI=1S/C15H13ClF3NO/c1-9(11-4-2-3-5-12(11)16)20-10-6-7-14(13(17)8-10)21-15(18)19/h2-9,15,20H,1H3. The predicted molar refractivity (Wildman–Crippen MR) is 76.5 cm³/mol. The predicted octanol–water partition coefficient (Wildman–Crippen LogP) is 5.25. The molecule has 0 saturated heterocycles. The van der Waals surface area contributed by atoms with Gasteiger partial charge >= 0.3 is 6.61 Å². The Kier molecular flexibility index (Phi) is 4.96. The highest BCUT2D eigenvalue weighted by Gasteiger charge is 2.13. The third-order valence-corrected chi connectivity index (χ3v) is 3.25. The summed E-state index contributed by atoms with van der Waals surface area (Å²) in [6.07, 6.45) is 0. The maximum Gasteiger partial charge on any atom is 0.387 e. The lowest BCUT2D eigenvalue weighted by molar-refractivity contribution is -0.0521. The Balaban J connectivity index is 2.13. The zero-order chi connectivity index (χ0) is 15.4. The van der Waals surface area contributed by atoms with Gasteiger partial charge in [-0.1, -0.05) is 29.8 Å². The van der Waals surface area contributed by atoms with E-state index in [0.717, 1.165) is 17.7 Å². The van der Waals surface area contributed by atoms with Gasteiger partial charge in [0.1, 0.15) is 0 Å². The smallest absolute Gasteiger partial charge is 0.387 e. The van der Waals surface area contributed by atoms with E-state index in [1.54, 1.807) is 6.07 Å². The number of anilines is 1. The number of hydrogen-bond donors (Lipinski definition) is 1. The molecule has 0 fully saturated rings. The summed E-state index contributed by atoms with van der Waals surface area (Å²) < 4.78 is 41.8.